The van der Waals surface area contributed by atoms with E-state index in [0.29, 0.717) is 6.42 Å². The van der Waals surface area contributed by atoms with Crippen LogP contribution < -0.4 is 0 Å². The van der Waals surface area contributed by atoms with Gasteiger partial charge in [-0.15, -0.1) is 0 Å². The quantitative estimate of drug-likeness (QED) is 0.838. The second-order valence-corrected chi connectivity index (χ2v) is 5.96. The van der Waals surface area contributed by atoms with E-state index in [2.05, 4.69) is 0 Å². The molecule has 0 aromatic heterocycles. The molecule has 0 saturated heterocycles. The van der Waals surface area contributed by atoms with Gasteiger partial charge in [-0.2, -0.15) is 8.42 Å². The standard InChI is InChI=1S/C13H14O3S/c14-17(15,16)13(9-5-2-6-10-13)11-12-7-3-1-4-8-12/h1-9H,10-11H2,(H,14,15,16). The normalized spacial score (nSPS) is 23.8. The summed E-state index contributed by atoms with van der Waals surface area (Å²) in [5.41, 5.74) is 0.894. The number of hydrogen-bond donors (Lipinski definition) is 1. The fourth-order valence-electron chi connectivity index (χ4n) is 2.00. The SMILES string of the molecule is O=S(=O)(O)C1(Cc2ccccc2)C=CC=CC1. The van der Waals surface area contributed by atoms with Crippen molar-refractivity contribution in [2.75, 3.05) is 0 Å². The van der Waals surface area contributed by atoms with Crippen molar-refractivity contribution >= 4 is 10.1 Å². The molecule has 1 aliphatic rings. The van der Waals surface area contributed by atoms with E-state index in [-0.39, 0.29) is 6.42 Å². The zero-order valence-electron chi connectivity index (χ0n) is 9.28. The van der Waals surface area contributed by atoms with E-state index in [1.165, 1.54) is 0 Å². The third-order valence-electron chi connectivity index (χ3n) is 2.97. The Morgan fingerprint density at radius 2 is 1.88 bits per heavy atom. The minimum Gasteiger partial charge on any atom is -0.285 e. The minimum absolute atomic E-state index is 0.285. The highest BCUT2D eigenvalue weighted by atomic mass is 32.2. The first kappa shape index (κ1) is 12.1. The van der Waals surface area contributed by atoms with Crippen LogP contribution in [0.1, 0.15) is 12.0 Å². The summed E-state index contributed by atoms with van der Waals surface area (Å²) < 4.78 is 31.4. The van der Waals surface area contributed by atoms with Crippen LogP contribution in [0, 0.1) is 0 Å². The Morgan fingerprint density at radius 3 is 2.41 bits per heavy atom. The minimum atomic E-state index is -4.12. The topological polar surface area (TPSA) is 54.4 Å². The first-order valence-corrected chi connectivity index (χ1v) is 6.83. The smallest absolute Gasteiger partial charge is 0.274 e. The summed E-state index contributed by atoms with van der Waals surface area (Å²) >= 11 is 0. The molecule has 90 valence electrons. The molecule has 1 N–H and O–H groups in total. The van der Waals surface area contributed by atoms with Crippen LogP contribution in [-0.2, 0) is 16.5 Å². The van der Waals surface area contributed by atoms with E-state index in [9.17, 15) is 13.0 Å². The van der Waals surface area contributed by atoms with Crippen LogP contribution in [0.2, 0.25) is 0 Å². The van der Waals surface area contributed by atoms with E-state index in [4.69, 9.17) is 0 Å². The third kappa shape index (κ3) is 2.48. The second kappa shape index (κ2) is 4.47. The summed E-state index contributed by atoms with van der Waals surface area (Å²) in [7, 11) is -4.12. The second-order valence-electron chi connectivity index (χ2n) is 4.19. The molecule has 0 spiro atoms. The van der Waals surface area contributed by atoms with Crippen molar-refractivity contribution in [3.63, 3.8) is 0 Å². The predicted molar refractivity (Wildman–Crippen MR) is 67.3 cm³/mol. The molecule has 0 amide bonds. The predicted octanol–water partition coefficient (Wildman–Crippen LogP) is 2.37. The van der Waals surface area contributed by atoms with Crippen molar-refractivity contribution in [3.05, 3.63) is 60.2 Å². The summed E-state index contributed by atoms with van der Waals surface area (Å²) in [6, 6.07) is 9.31. The van der Waals surface area contributed by atoms with Crippen molar-refractivity contribution in [2.45, 2.75) is 17.6 Å². The highest BCUT2D eigenvalue weighted by Crippen LogP contribution is 2.30. The first-order valence-electron chi connectivity index (χ1n) is 5.39. The Hall–Kier alpha value is -1.39. The van der Waals surface area contributed by atoms with Crippen molar-refractivity contribution < 1.29 is 13.0 Å². The average molecular weight is 250 g/mol. The fraction of sp³-hybridized carbons (Fsp3) is 0.231. The molecule has 0 radical (unpaired) electrons. The molecule has 1 aromatic carbocycles. The number of hydrogen-bond acceptors (Lipinski definition) is 2. The van der Waals surface area contributed by atoms with Gasteiger partial charge < -0.3 is 0 Å². The molecule has 0 saturated carbocycles. The van der Waals surface area contributed by atoms with Crippen LogP contribution in [0.5, 0.6) is 0 Å². The Balaban J connectivity index is 2.37. The van der Waals surface area contributed by atoms with Crippen molar-refractivity contribution in [2.24, 2.45) is 0 Å². The van der Waals surface area contributed by atoms with Crippen molar-refractivity contribution in [1.82, 2.24) is 0 Å². The summed E-state index contributed by atoms with van der Waals surface area (Å²) in [4.78, 5) is 0. The van der Waals surface area contributed by atoms with E-state index >= 15 is 0 Å². The number of allylic oxidation sites excluding steroid dienone is 3. The van der Waals surface area contributed by atoms with Gasteiger partial charge in [0, 0.05) is 0 Å². The van der Waals surface area contributed by atoms with Gasteiger partial charge in [-0.25, -0.2) is 0 Å². The lowest BCUT2D eigenvalue weighted by Gasteiger charge is -2.27. The summed E-state index contributed by atoms with van der Waals surface area (Å²) in [6.45, 7) is 0. The van der Waals surface area contributed by atoms with Gasteiger partial charge in [-0.1, -0.05) is 54.6 Å². The lowest BCUT2D eigenvalue weighted by atomic mass is 9.92. The molecule has 1 atom stereocenters. The zero-order chi connectivity index (χ0) is 12.4. The van der Waals surface area contributed by atoms with Gasteiger partial charge in [0.15, 0.2) is 0 Å². The number of rotatable bonds is 3. The molecule has 0 bridgehead atoms. The van der Waals surface area contributed by atoms with Crippen LogP contribution in [0.25, 0.3) is 0 Å². The first-order chi connectivity index (χ1) is 8.04. The van der Waals surface area contributed by atoms with Gasteiger partial charge >= 0.3 is 0 Å². The maximum atomic E-state index is 11.6. The van der Waals surface area contributed by atoms with E-state index in [1.807, 2.05) is 30.3 Å². The molecule has 1 aromatic rings. The van der Waals surface area contributed by atoms with Gasteiger partial charge in [-0.05, 0) is 18.4 Å². The maximum Gasteiger partial charge on any atom is 0.274 e. The molecule has 0 aliphatic heterocycles. The van der Waals surface area contributed by atoms with Crippen molar-refractivity contribution in [1.29, 1.82) is 0 Å². The molecule has 2 rings (SSSR count). The van der Waals surface area contributed by atoms with Crippen molar-refractivity contribution in [3.8, 4) is 0 Å². The summed E-state index contributed by atoms with van der Waals surface area (Å²) in [5, 5.41) is 0. The van der Waals surface area contributed by atoms with E-state index in [0.717, 1.165) is 5.56 Å². The molecule has 17 heavy (non-hydrogen) atoms. The monoisotopic (exact) mass is 250 g/mol. The lowest BCUT2D eigenvalue weighted by molar-refractivity contribution is 0.443. The number of benzene rings is 1. The van der Waals surface area contributed by atoms with Gasteiger partial charge in [0.1, 0.15) is 4.75 Å². The van der Waals surface area contributed by atoms with Crippen LogP contribution in [0.4, 0.5) is 0 Å². The fourth-order valence-corrected chi connectivity index (χ4v) is 2.91. The highest BCUT2D eigenvalue weighted by Gasteiger charge is 2.40. The van der Waals surface area contributed by atoms with Gasteiger partial charge in [0.05, 0.1) is 0 Å². The lowest BCUT2D eigenvalue weighted by Crippen LogP contribution is -2.39. The summed E-state index contributed by atoms with van der Waals surface area (Å²) in [5.74, 6) is 0. The molecule has 0 heterocycles. The van der Waals surface area contributed by atoms with Crippen LogP contribution >= 0.6 is 0 Å². The van der Waals surface area contributed by atoms with Crippen LogP contribution in [0.15, 0.2) is 54.6 Å². The zero-order valence-corrected chi connectivity index (χ0v) is 10.1. The molecular formula is C13H14O3S. The molecule has 4 heteroatoms. The molecule has 1 unspecified atom stereocenters. The summed E-state index contributed by atoms with van der Waals surface area (Å²) in [6.07, 6.45) is 7.37. The third-order valence-corrected chi connectivity index (χ3v) is 4.44. The average Bonchev–Trinajstić information content (AvgIpc) is 2.30. The molecule has 3 nitrogen and oxygen atoms in total. The van der Waals surface area contributed by atoms with Crippen LogP contribution in [0.3, 0.4) is 0 Å². The Labute approximate surface area is 101 Å². The maximum absolute atomic E-state index is 11.6. The van der Waals surface area contributed by atoms with Gasteiger partial charge in [-0.3, -0.25) is 4.55 Å². The van der Waals surface area contributed by atoms with Gasteiger partial charge in [0.2, 0.25) is 0 Å². The molecule has 1 aliphatic carbocycles. The van der Waals surface area contributed by atoms with E-state index < -0.39 is 14.9 Å². The molecule has 0 fully saturated rings. The van der Waals surface area contributed by atoms with Crippen LogP contribution in [-0.4, -0.2) is 17.7 Å². The van der Waals surface area contributed by atoms with Gasteiger partial charge in [0.25, 0.3) is 10.1 Å². The Bertz CT molecular complexity index is 543. The molecular weight excluding hydrogens is 236 g/mol. The van der Waals surface area contributed by atoms with E-state index in [1.54, 1.807) is 24.3 Å². The Morgan fingerprint density at radius 1 is 1.18 bits per heavy atom. The largest absolute Gasteiger partial charge is 0.285 e. The highest BCUT2D eigenvalue weighted by molar-refractivity contribution is 7.87. The Kier molecular flexibility index (Phi) is 3.17.